The van der Waals surface area contributed by atoms with Crippen LogP contribution in [0.2, 0.25) is 5.02 Å². The topological polar surface area (TPSA) is 61.8 Å². The summed E-state index contributed by atoms with van der Waals surface area (Å²) in [5, 5.41) is 0.401. The number of rotatable bonds is 4. The Labute approximate surface area is 169 Å². The van der Waals surface area contributed by atoms with E-state index in [1.807, 2.05) is 13.0 Å². The van der Waals surface area contributed by atoms with E-state index in [1.165, 1.54) is 0 Å². The van der Waals surface area contributed by atoms with Crippen molar-refractivity contribution in [3.8, 4) is 11.5 Å². The number of carbonyl (C=O) groups excluding carboxylic acids is 2. The van der Waals surface area contributed by atoms with E-state index in [-0.39, 0.29) is 11.6 Å². The summed E-state index contributed by atoms with van der Waals surface area (Å²) in [5.41, 5.74) is 1.96. The van der Waals surface area contributed by atoms with Crippen LogP contribution in [-0.2, 0) is 14.3 Å². The Morgan fingerprint density at radius 3 is 2.18 bits per heavy atom. The molecule has 0 aromatic heterocycles. The first-order valence-corrected chi connectivity index (χ1v) is 10.1. The van der Waals surface area contributed by atoms with E-state index in [9.17, 15) is 9.59 Å². The van der Waals surface area contributed by atoms with Gasteiger partial charge in [0.05, 0.1) is 18.7 Å². The van der Waals surface area contributed by atoms with Crippen LogP contribution in [-0.4, -0.2) is 25.3 Å². The van der Waals surface area contributed by atoms with Gasteiger partial charge in [-0.1, -0.05) is 11.6 Å². The van der Waals surface area contributed by atoms with Crippen LogP contribution in [0.5, 0.6) is 11.5 Å². The number of Topliss-reactive ketones (excluding diaryl/α,β-unsaturated/α-hetero) is 2. The molecular weight excluding hydrogens is 380 g/mol. The van der Waals surface area contributed by atoms with Crippen LogP contribution in [0, 0.1) is 0 Å². The van der Waals surface area contributed by atoms with E-state index in [0.717, 1.165) is 18.4 Å². The summed E-state index contributed by atoms with van der Waals surface area (Å²) in [6, 6.07) is 3.61. The highest BCUT2D eigenvalue weighted by Crippen LogP contribution is 2.50. The number of methoxy groups -OCH3 is 1. The van der Waals surface area contributed by atoms with Crippen molar-refractivity contribution in [1.29, 1.82) is 0 Å². The van der Waals surface area contributed by atoms with Gasteiger partial charge in [-0.05, 0) is 37.5 Å². The molecule has 3 aliphatic rings. The average molecular weight is 403 g/mol. The Hall–Kier alpha value is -2.27. The van der Waals surface area contributed by atoms with Crippen LogP contribution in [0.1, 0.15) is 56.9 Å². The van der Waals surface area contributed by atoms with Crippen LogP contribution < -0.4 is 9.47 Å². The maximum Gasteiger partial charge on any atom is 0.179 e. The predicted molar refractivity (Wildman–Crippen MR) is 105 cm³/mol. The second kappa shape index (κ2) is 7.63. The van der Waals surface area contributed by atoms with Crippen LogP contribution in [0.3, 0.4) is 0 Å². The molecule has 5 nitrogen and oxygen atoms in total. The van der Waals surface area contributed by atoms with Gasteiger partial charge in [-0.2, -0.15) is 0 Å². The maximum absolute atomic E-state index is 12.8. The van der Waals surface area contributed by atoms with Crippen molar-refractivity contribution in [3.63, 3.8) is 0 Å². The number of carbonyl (C=O) groups is 2. The number of halogens is 1. The van der Waals surface area contributed by atoms with E-state index in [1.54, 1.807) is 13.2 Å². The summed E-state index contributed by atoms with van der Waals surface area (Å²) in [6.45, 7) is 2.33. The van der Waals surface area contributed by atoms with Crippen LogP contribution in [0.4, 0.5) is 0 Å². The van der Waals surface area contributed by atoms with Crippen molar-refractivity contribution in [2.75, 3.05) is 13.7 Å². The zero-order valence-corrected chi connectivity index (χ0v) is 16.9. The van der Waals surface area contributed by atoms with Gasteiger partial charge in [-0.3, -0.25) is 9.59 Å². The monoisotopic (exact) mass is 402 g/mol. The molecule has 1 aromatic rings. The third-order valence-electron chi connectivity index (χ3n) is 5.51. The van der Waals surface area contributed by atoms with Crippen LogP contribution in [0.15, 0.2) is 34.8 Å². The molecule has 1 aliphatic heterocycles. The molecule has 4 rings (SSSR count). The fourth-order valence-corrected chi connectivity index (χ4v) is 4.62. The lowest BCUT2D eigenvalue weighted by molar-refractivity contribution is -0.117. The second-order valence-electron chi connectivity index (χ2n) is 7.23. The zero-order valence-electron chi connectivity index (χ0n) is 16.1. The lowest BCUT2D eigenvalue weighted by atomic mass is 9.73. The lowest BCUT2D eigenvalue weighted by Gasteiger charge is -2.36. The van der Waals surface area contributed by atoms with Crippen molar-refractivity contribution in [1.82, 2.24) is 0 Å². The predicted octanol–water partition coefficient (Wildman–Crippen LogP) is 4.88. The quantitative estimate of drug-likeness (QED) is 0.718. The largest absolute Gasteiger partial charge is 0.493 e. The van der Waals surface area contributed by atoms with E-state index in [0.29, 0.717) is 71.5 Å². The Kier molecular flexibility index (Phi) is 5.19. The molecular formula is C22H23ClO5. The maximum atomic E-state index is 12.8. The Morgan fingerprint density at radius 2 is 1.64 bits per heavy atom. The van der Waals surface area contributed by atoms with Crippen molar-refractivity contribution < 1.29 is 23.8 Å². The second-order valence-corrected chi connectivity index (χ2v) is 7.64. The van der Waals surface area contributed by atoms with Crippen molar-refractivity contribution in [2.45, 2.75) is 51.4 Å². The van der Waals surface area contributed by atoms with Crippen LogP contribution in [0.25, 0.3) is 0 Å². The van der Waals surface area contributed by atoms with Crippen molar-refractivity contribution in [3.05, 3.63) is 45.4 Å². The smallest absolute Gasteiger partial charge is 0.179 e. The van der Waals surface area contributed by atoms with E-state index < -0.39 is 5.92 Å². The van der Waals surface area contributed by atoms with Gasteiger partial charge in [-0.25, -0.2) is 0 Å². The molecule has 0 saturated carbocycles. The first kappa shape index (κ1) is 19.1. The van der Waals surface area contributed by atoms with Gasteiger partial charge in [-0.15, -0.1) is 0 Å². The molecule has 1 aromatic carbocycles. The van der Waals surface area contributed by atoms with E-state index in [2.05, 4.69) is 0 Å². The van der Waals surface area contributed by atoms with Crippen molar-refractivity contribution >= 4 is 23.2 Å². The highest BCUT2D eigenvalue weighted by Gasteiger charge is 2.42. The Bertz CT molecular complexity index is 870. The minimum Gasteiger partial charge on any atom is -0.493 e. The number of ketones is 2. The number of hydrogen-bond acceptors (Lipinski definition) is 5. The van der Waals surface area contributed by atoms with E-state index >= 15 is 0 Å². The third kappa shape index (κ3) is 3.12. The summed E-state index contributed by atoms with van der Waals surface area (Å²) < 4.78 is 17.2. The summed E-state index contributed by atoms with van der Waals surface area (Å²) in [6.07, 6.45) is 3.91. The number of benzene rings is 1. The number of allylic oxidation sites excluding steroid dienone is 4. The molecule has 0 N–H and O–H groups in total. The highest BCUT2D eigenvalue weighted by atomic mass is 35.5. The highest BCUT2D eigenvalue weighted by molar-refractivity contribution is 6.32. The number of ether oxygens (including phenoxy) is 3. The molecule has 0 bridgehead atoms. The van der Waals surface area contributed by atoms with Gasteiger partial charge in [0.1, 0.15) is 11.5 Å². The molecule has 0 saturated heterocycles. The molecule has 0 fully saturated rings. The standard InChI is InChI=1S/C22H23ClO5/c1-3-27-22-13(23)10-12(11-18(22)26-2)19-20-14(24)6-4-8-16(20)28-17-9-5-7-15(25)21(17)19/h10-11,19H,3-9H2,1-2H3. The summed E-state index contributed by atoms with van der Waals surface area (Å²) >= 11 is 6.50. The van der Waals surface area contributed by atoms with Crippen molar-refractivity contribution in [2.24, 2.45) is 0 Å². The van der Waals surface area contributed by atoms with Gasteiger partial charge in [0.2, 0.25) is 0 Å². The SMILES string of the molecule is CCOc1c(Cl)cc(C2C3=C(CCCC3=O)OC3=C2C(=O)CCC3)cc1OC. The molecule has 6 heteroatoms. The molecule has 0 unspecified atom stereocenters. The molecule has 0 amide bonds. The third-order valence-corrected chi connectivity index (χ3v) is 5.80. The molecule has 2 aliphatic carbocycles. The minimum atomic E-state index is -0.457. The first-order chi connectivity index (χ1) is 13.5. The molecule has 0 spiro atoms. The van der Waals surface area contributed by atoms with Gasteiger partial charge in [0.25, 0.3) is 0 Å². The fourth-order valence-electron chi connectivity index (χ4n) is 4.34. The molecule has 28 heavy (non-hydrogen) atoms. The van der Waals surface area contributed by atoms with Gasteiger partial charge >= 0.3 is 0 Å². The fraction of sp³-hybridized carbons (Fsp3) is 0.455. The van der Waals surface area contributed by atoms with E-state index in [4.69, 9.17) is 25.8 Å². The van der Waals surface area contributed by atoms with Gasteiger partial charge in [0.15, 0.2) is 23.1 Å². The summed E-state index contributed by atoms with van der Waals surface area (Å²) in [7, 11) is 1.55. The summed E-state index contributed by atoms with van der Waals surface area (Å²) in [4.78, 5) is 25.7. The molecule has 0 atom stereocenters. The van der Waals surface area contributed by atoms with Crippen LogP contribution >= 0.6 is 11.6 Å². The zero-order chi connectivity index (χ0) is 19.8. The Morgan fingerprint density at radius 1 is 1.04 bits per heavy atom. The summed E-state index contributed by atoms with van der Waals surface area (Å²) in [5.74, 6) is 2.00. The normalized spacial score (nSPS) is 20.0. The van der Waals surface area contributed by atoms with Gasteiger partial charge in [0, 0.05) is 42.7 Å². The molecule has 0 radical (unpaired) electrons. The average Bonchev–Trinajstić information content (AvgIpc) is 2.68. The lowest BCUT2D eigenvalue weighted by Crippen LogP contribution is -2.30. The number of hydrogen-bond donors (Lipinski definition) is 0. The molecule has 148 valence electrons. The Balaban J connectivity index is 1.91. The minimum absolute atomic E-state index is 0.0418. The first-order valence-electron chi connectivity index (χ1n) is 9.75. The van der Waals surface area contributed by atoms with Gasteiger partial charge < -0.3 is 14.2 Å². The molecule has 1 heterocycles.